The maximum absolute atomic E-state index is 14.5. The van der Waals surface area contributed by atoms with E-state index in [0.717, 1.165) is 5.92 Å². The SMILES string of the molecule is CCC(C)C.[CH2-]N(c1ccccc1)c1cc(Nc2ccccc2F)c(-c2ccc(Cl)c(C(=O)O)c2)cc1[S-](=O)=O.[K+]. The van der Waals surface area contributed by atoms with Crippen LogP contribution < -0.4 is 61.6 Å². The van der Waals surface area contributed by atoms with Gasteiger partial charge in [0.2, 0.25) is 0 Å². The van der Waals surface area contributed by atoms with Crippen LogP contribution in [0.25, 0.3) is 11.1 Å². The van der Waals surface area contributed by atoms with Crippen molar-refractivity contribution in [3.05, 3.63) is 108 Å². The molecular formula is C31H30ClFKN2O4S-. The Bertz CT molecular complexity index is 1560. The summed E-state index contributed by atoms with van der Waals surface area (Å²) in [5, 5.41) is 12.5. The van der Waals surface area contributed by atoms with E-state index in [1.165, 1.54) is 47.7 Å². The van der Waals surface area contributed by atoms with Gasteiger partial charge in [0.15, 0.2) is 0 Å². The third-order valence-electron chi connectivity index (χ3n) is 6.10. The van der Waals surface area contributed by atoms with Crippen molar-refractivity contribution in [2.45, 2.75) is 32.1 Å². The van der Waals surface area contributed by atoms with Gasteiger partial charge in [-0.1, -0.05) is 86.2 Å². The van der Waals surface area contributed by atoms with Gasteiger partial charge < -0.3 is 23.7 Å². The van der Waals surface area contributed by atoms with Gasteiger partial charge >= 0.3 is 57.4 Å². The summed E-state index contributed by atoms with van der Waals surface area (Å²) in [6, 6.07) is 22.2. The largest absolute Gasteiger partial charge is 1.00 e. The molecule has 0 aliphatic carbocycles. The summed E-state index contributed by atoms with van der Waals surface area (Å²) < 4.78 is 39.0. The van der Waals surface area contributed by atoms with Crippen LogP contribution in [0, 0.1) is 18.8 Å². The van der Waals surface area contributed by atoms with Crippen LogP contribution in [-0.4, -0.2) is 11.1 Å². The number of carboxylic acid groups (broad SMARTS) is 1. The number of rotatable bonds is 8. The van der Waals surface area contributed by atoms with Crippen LogP contribution in [0.15, 0.2) is 89.8 Å². The van der Waals surface area contributed by atoms with Gasteiger partial charge in [-0.25, -0.2) is 9.18 Å². The summed E-state index contributed by atoms with van der Waals surface area (Å²) >= 11 is 6.03. The molecule has 41 heavy (non-hydrogen) atoms. The molecule has 0 fully saturated rings. The zero-order valence-corrected chi connectivity index (χ0v) is 28.1. The molecule has 210 valence electrons. The van der Waals surface area contributed by atoms with Gasteiger partial charge in [0.25, 0.3) is 0 Å². The molecule has 0 bridgehead atoms. The molecule has 0 saturated heterocycles. The number of hydrogen-bond acceptors (Lipinski definition) is 6. The van der Waals surface area contributed by atoms with Crippen LogP contribution in [0.5, 0.6) is 0 Å². The number of halogens is 2. The molecule has 0 aliphatic heterocycles. The molecule has 2 N–H and O–H groups in total. The molecule has 0 aromatic heterocycles. The van der Waals surface area contributed by atoms with Crippen molar-refractivity contribution in [1.82, 2.24) is 0 Å². The first-order chi connectivity index (χ1) is 19.0. The molecule has 6 nitrogen and oxygen atoms in total. The molecule has 0 amide bonds. The first kappa shape index (κ1) is 35.0. The van der Waals surface area contributed by atoms with Gasteiger partial charge in [-0.2, -0.15) is 0 Å². The Labute approximate surface area is 289 Å². The van der Waals surface area contributed by atoms with Crippen molar-refractivity contribution >= 4 is 51.0 Å². The summed E-state index contributed by atoms with van der Waals surface area (Å²) in [6.45, 7) is 6.64. The molecule has 0 atom stereocenters. The van der Waals surface area contributed by atoms with E-state index in [9.17, 15) is 22.7 Å². The van der Waals surface area contributed by atoms with Gasteiger partial charge in [0.1, 0.15) is 5.82 Å². The summed E-state index contributed by atoms with van der Waals surface area (Å²) in [7, 11) is 1.33. The van der Waals surface area contributed by atoms with Crippen LogP contribution in [-0.2, 0) is 19.1 Å². The molecule has 0 heterocycles. The van der Waals surface area contributed by atoms with Crippen LogP contribution >= 0.6 is 11.6 Å². The van der Waals surface area contributed by atoms with Gasteiger partial charge in [-0.05, 0) is 70.3 Å². The Balaban J connectivity index is 0.000000902. The molecule has 0 spiro atoms. The average Bonchev–Trinajstić information content (AvgIpc) is 2.94. The van der Waals surface area contributed by atoms with Gasteiger partial charge in [-0.15, -0.1) is 0 Å². The van der Waals surface area contributed by atoms with Crippen molar-refractivity contribution in [2.75, 3.05) is 10.2 Å². The number of anilines is 4. The van der Waals surface area contributed by atoms with E-state index < -0.39 is 22.5 Å². The average molecular weight is 620 g/mol. The van der Waals surface area contributed by atoms with Crippen LogP contribution in [0.3, 0.4) is 0 Å². The van der Waals surface area contributed by atoms with Crippen LogP contribution in [0.4, 0.5) is 27.1 Å². The van der Waals surface area contributed by atoms with Crippen molar-refractivity contribution in [1.29, 1.82) is 0 Å². The quantitative estimate of drug-likeness (QED) is 0.138. The molecule has 0 saturated carbocycles. The molecule has 0 radical (unpaired) electrons. The number of nitrogens with one attached hydrogen (secondary N) is 1. The molecule has 0 aliphatic rings. The molecule has 4 aromatic carbocycles. The Morgan fingerprint density at radius 3 is 2.17 bits per heavy atom. The number of nitrogens with zero attached hydrogens (tertiary/aromatic N) is 1. The standard InChI is InChI=1S/C26H18ClFN2O4S.C5H12.K/c1-30(17-7-3-2-4-8-17)24-15-23(29-22-10-6-5-9-21(22)28)18(14-25(24)35(33)34)16-11-12-20(27)19(13-16)26(31)32;1-4-5(2)3;/h2-15,29H,1H2,(H,31,32);5H,4H2,1-3H3;/q-2;;+1. The fraction of sp³-hybridized carbons (Fsp3) is 0.161. The van der Waals surface area contributed by atoms with E-state index in [2.05, 4.69) is 33.1 Å². The maximum Gasteiger partial charge on any atom is 1.00 e. The minimum absolute atomic E-state index is 0. The topological polar surface area (TPSA) is 86.7 Å². The van der Waals surface area contributed by atoms with E-state index in [1.54, 1.807) is 42.5 Å². The zero-order valence-electron chi connectivity index (χ0n) is 23.4. The van der Waals surface area contributed by atoms with Crippen LogP contribution in [0.2, 0.25) is 5.02 Å². The third kappa shape index (κ3) is 9.38. The fourth-order valence-electron chi connectivity index (χ4n) is 3.57. The zero-order chi connectivity index (χ0) is 29.4. The number of carboxylic acids is 1. The summed E-state index contributed by atoms with van der Waals surface area (Å²) in [5.41, 5.74) is 1.90. The maximum atomic E-state index is 14.5. The number of aromatic carboxylic acids is 1. The second kappa shape index (κ2) is 16.4. The second-order valence-electron chi connectivity index (χ2n) is 9.27. The smallest absolute Gasteiger partial charge is 0.498 e. The molecule has 0 unspecified atom stereocenters. The molecule has 4 rings (SSSR count). The number of para-hydroxylation sites is 2. The molecule has 4 aromatic rings. The molecule has 10 heteroatoms. The fourth-order valence-corrected chi connectivity index (χ4v) is 4.32. The van der Waals surface area contributed by atoms with E-state index in [0.29, 0.717) is 22.5 Å². The van der Waals surface area contributed by atoms with Gasteiger partial charge in [0.05, 0.1) is 16.3 Å². The predicted octanol–water partition coefficient (Wildman–Crippen LogP) is 6.24. The normalized spacial score (nSPS) is 10.4. The minimum atomic E-state index is -2.67. The number of benzene rings is 4. The van der Waals surface area contributed by atoms with E-state index in [4.69, 9.17) is 11.6 Å². The monoisotopic (exact) mass is 619 g/mol. The third-order valence-corrected chi connectivity index (χ3v) is 7.12. The van der Waals surface area contributed by atoms with Gasteiger partial charge in [0, 0.05) is 16.9 Å². The Kier molecular flexibility index (Phi) is 14.0. The second-order valence-corrected chi connectivity index (χ2v) is 10.6. The van der Waals surface area contributed by atoms with Crippen LogP contribution in [0.1, 0.15) is 37.6 Å². The number of hydrogen-bond donors (Lipinski definition) is 2. The van der Waals surface area contributed by atoms with E-state index in [1.807, 2.05) is 6.07 Å². The minimum Gasteiger partial charge on any atom is -0.498 e. The first-order valence-corrected chi connectivity index (χ1v) is 14.0. The Morgan fingerprint density at radius 2 is 1.61 bits per heavy atom. The van der Waals surface area contributed by atoms with E-state index in [-0.39, 0.29) is 78.2 Å². The molecular weight excluding hydrogens is 590 g/mol. The Hall–Kier alpha value is -2.24. The summed E-state index contributed by atoms with van der Waals surface area (Å²) in [5.74, 6) is -0.874. The van der Waals surface area contributed by atoms with Crippen molar-refractivity contribution in [3.8, 4) is 11.1 Å². The number of carbonyl (C=O) groups is 1. The predicted molar refractivity (Wildman–Crippen MR) is 160 cm³/mol. The van der Waals surface area contributed by atoms with E-state index >= 15 is 0 Å². The Morgan fingerprint density at radius 1 is 1.00 bits per heavy atom. The summed E-state index contributed by atoms with van der Waals surface area (Å²) in [4.78, 5) is 13.0. The van der Waals surface area contributed by atoms with Gasteiger partial charge in [-0.3, -0.25) is 7.05 Å². The van der Waals surface area contributed by atoms with Crippen molar-refractivity contribution in [3.63, 3.8) is 0 Å². The first-order valence-electron chi connectivity index (χ1n) is 12.5. The van der Waals surface area contributed by atoms with Crippen molar-refractivity contribution in [2.24, 2.45) is 5.92 Å². The summed E-state index contributed by atoms with van der Waals surface area (Å²) in [6.07, 6.45) is 1.31. The van der Waals surface area contributed by atoms with Crippen molar-refractivity contribution < 1.29 is 74.1 Å².